The van der Waals surface area contributed by atoms with Crippen LogP contribution in [0.5, 0.6) is 0 Å². The first-order valence-corrected chi connectivity index (χ1v) is 9.96. The third kappa shape index (κ3) is 4.37. The number of anilines is 2. The molecule has 0 saturated carbocycles. The average molecular weight is 422 g/mol. The first kappa shape index (κ1) is 20.8. The molecule has 9 heteroatoms. The fourth-order valence-corrected chi connectivity index (χ4v) is 3.71. The Morgan fingerprint density at radius 1 is 1.26 bits per heavy atom. The second-order valence-corrected chi connectivity index (χ2v) is 7.54. The van der Waals surface area contributed by atoms with Crippen molar-refractivity contribution in [1.29, 1.82) is 0 Å². The minimum absolute atomic E-state index is 0.0167. The molecule has 0 radical (unpaired) electrons. The molecule has 1 aliphatic heterocycles. The SMILES string of the molecule is Nc1ccc(-c2ncccc2F)nc1C(=O)Cc1cnccc1N1CCC(O)C(N)C1. The van der Waals surface area contributed by atoms with Crippen molar-refractivity contribution >= 4 is 17.2 Å². The van der Waals surface area contributed by atoms with Gasteiger partial charge in [-0.05, 0) is 36.8 Å². The summed E-state index contributed by atoms with van der Waals surface area (Å²) in [6.45, 7) is 1.09. The fraction of sp³-hybridized carbons (Fsp3) is 0.273. The van der Waals surface area contributed by atoms with E-state index in [-0.39, 0.29) is 41.0 Å². The molecule has 1 fully saturated rings. The van der Waals surface area contributed by atoms with Gasteiger partial charge in [-0.1, -0.05) is 0 Å². The Morgan fingerprint density at radius 3 is 2.87 bits per heavy atom. The number of nitrogens with zero attached hydrogens (tertiary/aromatic N) is 4. The summed E-state index contributed by atoms with van der Waals surface area (Å²) in [5.74, 6) is -0.845. The van der Waals surface area contributed by atoms with Gasteiger partial charge in [0.1, 0.15) is 11.4 Å². The summed E-state index contributed by atoms with van der Waals surface area (Å²) in [6.07, 6.45) is 4.76. The molecule has 8 nitrogen and oxygen atoms in total. The molecule has 1 aliphatic rings. The maximum Gasteiger partial charge on any atom is 0.187 e. The van der Waals surface area contributed by atoms with Gasteiger partial charge in [0.15, 0.2) is 11.6 Å². The second kappa shape index (κ2) is 8.75. The molecule has 2 unspecified atom stereocenters. The maximum atomic E-state index is 14.1. The minimum Gasteiger partial charge on any atom is -0.397 e. The van der Waals surface area contributed by atoms with Gasteiger partial charge >= 0.3 is 0 Å². The number of aliphatic hydroxyl groups excluding tert-OH is 1. The summed E-state index contributed by atoms with van der Waals surface area (Å²) >= 11 is 0. The Morgan fingerprint density at radius 2 is 2.10 bits per heavy atom. The Hall–Kier alpha value is -3.43. The van der Waals surface area contributed by atoms with Crippen molar-refractivity contribution in [3.05, 3.63) is 66.0 Å². The average Bonchev–Trinajstić information content (AvgIpc) is 2.77. The van der Waals surface area contributed by atoms with Crippen LogP contribution in [0.1, 0.15) is 22.5 Å². The number of carbonyl (C=O) groups is 1. The number of pyridine rings is 3. The van der Waals surface area contributed by atoms with Gasteiger partial charge in [-0.15, -0.1) is 0 Å². The lowest BCUT2D eigenvalue weighted by atomic mass is 10.00. The first-order chi connectivity index (χ1) is 14.9. The minimum atomic E-state index is -0.540. The zero-order valence-electron chi connectivity index (χ0n) is 16.8. The lowest BCUT2D eigenvalue weighted by Gasteiger charge is -2.36. The van der Waals surface area contributed by atoms with Gasteiger partial charge in [0.25, 0.3) is 0 Å². The highest BCUT2D eigenvalue weighted by atomic mass is 19.1. The largest absolute Gasteiger partial charge is 0.397 e. The van der Waals surface area contributed by atoms with Crippen molar-refractivity contribution in [2.24, 2.45) is 5.73 Å². The molecule has 0 aromatic carbocycles. The van der Waals surface area contributed by atoms with Crippen molar-refractivity contribution in [3.8, 4) is 11.4 Å². The molecular formula is C22H23FN6O2. The van der Waals surface area contributed by atoms with Crippen LogP contribution in [0.2, 0.25) is 0 Å². The number of aromatic nitrogens is 3. The van der Waals surface area contributed by atoms with Crippen LogP contribution in [0.15, 0.2) is 48.9 Å². The van der Waals surface area contributed by atoms with E-state index in [2.05, 4.69) is 15.0 Å². The second-order valence-electron chi connectivity index (χ2n) is 7.54. The van der Waals surface area contributed by atoms with E-state index in [1.165, 1.54) is 30.5 Å². The number of rotatable bonds is 5. The monoisotopic (exact) mass is 422 g/mol. The molecule has 0 aliphatic carbocycles. The lowest BCUT2D eigenvalue weighted by molar-refractivity contribution is 0.0988. The predicted octanol–water partition coefficient (Wildman–Crippen LogP) is 1.58. The molecule has 2 atom stereocenters. The summed E-state index contributed by atoms with van der Waals surface area (Å²) in [4.78, 5) is 27.6. The number of ketones is 1. The zero-order chi connectivity index (χ0) is 22.0. The molecule has 3 aromatic heterocycles. The first-order valence-electron chi connectivity index (χ1n) is 9.96. The summed E-state index contributed by atoms with van der Waals surface area (Å²) in [5.41, 5.74) is 14.1. The summed E-state index contributed by atoms with van der Waals surface area (Å²) in [7, 11) is 0. The number of Topliss-reactive ketones (excluding diaryl/α,β-unsaturated/α-hetero) is 1. The maximum absolute atomic E-state index is 14.1. The smallest absolute Gasteiger partial charge is 0.187 e. The van der Waals surface area contributed by atoms with E-state index in [4.69, 9.17) is 11.5 Å². The molecule has 0 spiro atoms. The van der Waals surface area contributed by atoms with Gasteiger partial charge in [-0.2, -0.15) is 0 Å². The van der Waals surface area contributed by atoms with Gasteiger partial charge in [0.2, 0.25) is 0 Å². The molecule has 4 heterocycles. The molecule has 5 N–H and O–H groups in total. The number of piperidine rings is 1. The highest BCUT2D eigenvalue weighted by Gasteiger charge is 2.27. The number of aliphatic hydroxyl groups is 1. The van der Waals surface area contributed by atoms with Crippen LogP contribution in [0.25, 0.3) is 11.4 Å². The summed E-state index contributed by atoms with van der Waals surface area (Å²) in [6, 6.07) is 7.28. The molecular weight excluding hydrogens is 399 g/mol. The number of carbonyl (C=O) groups excluding carboxylic acids is 1. The van der Waals surface area contributed by atoms with E-state index in [0.29, 0.717) is 25.1 Å². The van der Waals surface area contributed by atoms with Crippen molar-refractivity contribution in [3.63, 3.8) is 0 Å². The predicted molar refractivity (Wildman–Crippen MR) is 115 cm³/mol. The van der Waals surface area contributed by atoms with E-state index < -0.39 is 11.9 Å². The van der Waals surface area contributed by atoms with Crippen LogP contribution in [0, 0.1) is 5.82 Å². The number of halogens is 1. The van der Waals surface area contributed by atoms with Crippen LogP contribution in [-0.4, -0.2) is 51.1 Å². The quantitative estimate of drug-likeness (QED) is 0.528. The van der Waals surface area contributed by atoms with Gasteiger partial charge in [0.05, 0.1) is 17.5 Å². The zero-order valence-corrected chi connectivity index (χ0v) is 16.8. The van der Waals surface area contributed by atoms with Gasteiger partial charge in [-0.25, -0.2) is 9.37 Å². The van der Waals surface area contributed by atoms with Gasteiger partial charge in [-0.3, -0.25) is 14.8 Å². The van der Waals surface area contributed by atoms with Crippen LogP contribution >= 0.6 is 0 Å². The Kier molecular flexibility index (Phi) is 5.88. The molecule has 4 rings (SSSR count). The lowest BCUT2D eigenvalue weighted by Crippen LogP contribution is -2.51. The van der Waals surface area contributed by atoms with E-state index >= 15 is 0 Å². The molecule has 31 heavy (non-hydrogen) atoms. The number of hydrogen-bond acceptors (Lipinski definition) is 8. The van der Waals surface area contributed by atoms with E-state index in [0.717, 1.165) is 5.69 Å². The Labute approximate surface area is 178 Å². The normalized spacial score (nSPS) is 18.7. The highest BCUT2D eigenvalue weighted by Crippen LogP contribution is 2.26. The topological polar surface area (TPSA) is 131 Å². The van der Waals surface area contributed by atoms with Crippen LogP contribution in [-0.2, 0) is 6.42 Å². The van der Waals surface area contributed by atoms with Crippen molar-refractivity contribution in [2.45, 2.75) is 25.0 Å². The van der Waals surface area contributed by atoms with E-state index in [1.807, 2.05) is 11.0 Å². The van der Waals surface area contributed by atoms with Gasteiger partial charge < -0.3 is 21.5 Å². The highest BCUT2D eigenvalue weighted by molar-refractivity contribution is 6.01. The molecule has 3 aromatic rings. The molecule has 1 saturated heterocycles. The van der Waals surface area contributed by atoms with Crippen LogP contribution < -0.4 is 16.4 Å². The van der Waals surface area contributed by atoms with Crippen molar-refractivity contribution in [1.82, 2.24) is 15.0 Å². The Bertz CT molecular complexity index is 1110. The molecule has 160 valence electrons. The summed E-state index contributed by atoms with van der Waals surface area (Å²) < 4.78 is 14.1. The molecule has 0 bridgehead atoms. The van der Waals surface area contributed by atoms with E-state index in [1.54, 1.807) is 12.4 Å². The third-order valence-electron chi connectivity index (χ3n) is 5.38. The third-order valence-corrected chi connectivity index (χ3v) is 5.38. The van der Waals surface area contributed by atoms with Crippen LogP contribution in [0.4, 0.5) is 15.8 Å². The van der Waals surface area contributed by atoms with Crippen molar-refractivity contribution < 1.29 is 14.3 Å². The molecule has 0 amide bonds. The van der Waals surface area contributed by atoms with E-state index in [9.17, 15) is 14.3 Å². The summed E-state index contributed by atoms with van der Waals surface area (Å²) in [5, 5.41) is 9.90. The standard InChI is InChI=1S/C22H23FN6O2/c23-14-2-1-7-27-21(14)17-4-3-15(24)22(28-17)20(31)10-13-11-26-8-5-18(13)29-9-6-19(30)16(25)12-29/h1-5,7-8,11,16,19,30H,6,9-10,12,24-25H2. The number of hydrogen-bond donors (Lipinski definition) is 3. The van der Waals surface area contributed by atoms with Crippen molar-refractivity contribution in [2.75, 3.05) is 23.7 Å². The van der Waals surface area contributed by atoms with Crippen LogP contribution in [0.3, 0.4) is 0 Å². The fourth-order valence-electron chi connectivity index (χ4n) is 3.71. The van der Waals surface area contributed by atoms with Gasteiger partial charge in [0, 0.05) is 55.4 Å². The number of nitrogens with two attached hydrogens (primary N) is 2. The Balaban J connectivity index is 1.61. The number of nitrogen functional groups attached to an aromatic ring is 1.